The highest BCUT2D eigenvalue weighted by molar-refractivity contribution is 5.99. The van der Waals surface area contributed by atoms with Gasteiger partial charge in [0, 0.05) is 144 Å². The van der Waals surface area contributed by atoms with Gasteiger partial charge in [0.25, 0.3) is 46.9 Å². The van der Waals surface area contributed by atoms with Crippen LogP contribution < -0.4 is 41.9 Å². The van der Waals surface area contributed by atoms with Crippen molar-refractivity contribution >= 4 is 70.2 Å². The molecule has 35 heteroatoms. The van der Waals surface area contributed by atoms with E-state index in [-0.39, 0.29) is 143 Å². The summed E-state index contributed by atoms with van der Waals surface area (Å²) in [5.74, 6) is -7.44. The molecule has 0 aliphatic carbocycles. The molecule has 8 N–H and O–H groups in total. The van der Waals surface area contributed by atoms with Gasteiger partial charge in [0.2, 0.25) is 0 Å². The second-order valence-electron chi connectivity index (χ2n) is 27.0. The Morgan fingerprint density at radius 2 is 0.667 bits per heavy atom. The highest BCUT2D eigenvalue weighted by Crippen LogP contribution is 2.45. The Bertz CT molecular complexity index is 7080. The van der Waals surface area contributed by atoms with Gasteiger partial charge in [-0.05, 0) is 142 Å². The van der Waals surface area contributed by atoms with E-state index in [2.05, 4.69) is 59.7 Å². The van der Waals surface area contributed by atoms with Crippen LogP contribution in [0.3, 0.4) is 0 Å². The Hall–Kier alpha value is -15.7. The van der Waals surface area contributed by atoms with Crippen molar-refractivity contribution in [3.8, 4) is 67.5 Å². The number of halogens is 3. The molecule has 0 radical (unpaired) electrons. The quantitative estimate of drug-likeness (QED) is 0.102. The van der Waals surface area contributed by atoms with Crippen molar-refractivity contribution in [3.63, 3.8) is 0 Å². The molecule has 4 atom stereocenters. The minimum Gasteiger partial charge on any atom is -0.482 e. The van der Waals surface area contributed by atoms with E-state index >= 15 is 0 Å². The molecule has 0 unspecified atom stereocenters. The molecule has 0 saturated carbocycles. The topological polar surface area (TPSA) is 363 Å². The predicted octanol–water partition coefficient (Wildman–Crippen LogP) is 14.1. The molecule has 8 bridgehead atoms. The maximum atomic E-state index is 14.4. The average Bonchev–Trinajstić information content (AvgIpc) is 0.788. The second kappa shape index (κ2) is 33.3. The monoisotopic (exact) mass is 1640 g/mol. The summed E-state index contributed by atoms with van der Waals surface area (Å²) < 4.78 is 242. The molecule has 12 aromatic rings. The van der Waals surface area contributed by atoms with Gasteiger partial charge in [-0.1, -0.05) is 44.0 Å². The fraction of sp³-hybridized carbons (Fsp3) is 0.247. The van der Waals surface area contributed by atoms with E-state index in [4.69, 9.17) is 97.0 Å². The molecule has 4 amide bonds. The summed E-state index contributed by atoms with van der Waals surface area (Å²) in [6, 6.07) is 18.2. The summed E-state index contributed by atoms with van der Waals surface area (Å²) in [4.78, 5) is 87.4. The van der Waals surface area contributed by atoms with E-state index in [0.29, 0.717) is 54.3 Å². The Balaban J connectivity index is 0.000000158. The van der Waals surface area contributed by atoms with Crippen LogP contribution in [0.5, 0.6) is 23.0 Å². The molecule has 32 nitrogen and oxygen atoms in total. The van der Waals surface area contributed by atoms with Crippen molar-refractivity contribution in [2.45, 2.75) is 84.9 Å². The van der Waals surface area contributed by atoms with Gasteiger partial charge in [0.15, 0.2) is 46.3 Å². The van der Waals surface area contributed by atoms with Gasteiger partial charge in [-0.2, -0.15) is 0 Å². The molecule has 4 aliphatic rings. The minimum absolute atomic E-state index is 0.0199. The number of amides is 4. The van der Waals surface area contributed by atoms with E-state index in [1.54, 1.807) is 34.0 Å². The SMILES string of the molecule is [2H]C([2H])([2H])N1Cc2nn(C)c([N+]#[C-])c2-c2cnc(N)c(c2)O[C@@H](C)c2cc(F)ccc2C1=O.[2H]C([2H])([2H])N1Cc2nn(C)c([N+]#[C-])c2-c2cnc(N)c(c2)O[C@@]([2H])(C([2H])([2H])[2H])c2cc(C)ccc2C1=O.[2H]C([2H])([2H])N1Cc2nn(C)c([N+]#[C-])c2-c2cnc(N)c(c2)O[C@]([2H])(C([2H])([2H])[2H])c2cc(F)ccc2C1=O.[2H]C([2H])([2H])[C@@]1([2H])Oc2cc(cnc2N)-c2c(nn(C)c2[N+]#[C-])CN(C)C(=O)c2ccc(F)cc21. The number of carbonyl (C=O) groups excluding carboxylic acids is 4. The maximum Gasteiger partial charge on any atom is 0.260 e. The van der Waals surface area contributed by atoms with E-state index < -0.39 is 143 Å². The number of aryl methyl sites for hydroxylation is 5. The number of rotatable bonds is 0. The number of benzene rings is 4. The smallest absolute Gasteiger partial charge is 0.260 e. The Labute approximate surface area is 716 Å². The van der Waals surface area contributed by atoms with E-state index in [0.717, 1.165) is 42.5 Å². The summed E-state index contributed by atoms with van der Waals surface area (Å²) in [5.41, 5.74) is 24.5. The number of nitrogens with zero attached hydrogens (tertiary/aromatic N) is 20. The molecule has 4 aliphatic heterocycles. The van der Waals surface area contributed by atoms with Crippen LogP contribution in [0.2, 0.25) is 0 Å². The van der Waals surface area contributed by atoms with Crippen molar-refractivity contribution in [1.82, 2.24) is 78.7 Å². The number of anilines is 4. The van der Waals surface area contributed by atoms with Crippen molar-refractivity contribution in [2.75, 3.05) is 50.9 Å². The number of nitrogens with two attached hydrogens (primary N) is 4. The Morgan fingerprint density at radius 3 is 0.967 bits per heavy atom. The molecule has 0 spiro atoms. The summed E-state index contributed by atoms with van der Waals surface area (Å²) in [5, 5.41) is 17.2. The van der Waals surface area contributed by atoms with Crippen molar-refractivity contribution in [3.05, 3.63) is 258 Å². The van der Waals surface area contributed by atoms with Crippen LogP contribution in [0, 0.1) is 50.7 Å². The molecule has 0 saturated heterocycles. The van der Waals surface area contributed by atoms with E-state index in [1.165, 1.54) is 112 Å². The molecule has 8 aromatic heterocycles. The standard InChI is InChI=1S/C22H22N6O2.3C21H19FN6O2/c1-12-6-7-15-16(8-12)13(2)30-18-9-14(10-25-20(18)23)19-17(11-27(4)22(15)29)26-28(5)21(19)24-3;3*1-11-15-8-13(22)5-6-14(15)21(29)27(3)10-16-18(20(24-2)28(4)26-16)12-7-17(30-11)19(23)25-9-12/h6-10,13H,11H2,1-2,4-5H3,(H2,23,25);3*5-9,11H,10H2,1,3-4H3,(H2,23,25)/t13-;3*11-/m0110/s1/i2D3,4D3,13D;1D3,3D3,11D;1D3,11D;3D3. The zero-order chi connectivity index (χ0) is 104. The maximum absolute atomic E-state index is 14.4. The minimum atomic E-state index is -3.33. The highest BCUT2D eigenvalue weighted by atomic mass is 19.1. The van der Waals surface area contributed by atoms with Gasteiger partial charge in [-0.3, -0.25) is 19.2 Å². The largest absolute Gasteiger partial charge is 0.482 e. The zero-order valence-electron chi connectivity index (χ0n) is 85.1. The lowest BCUT2D eigenvalue weighted by atomic mass is 9.98. The average molecular weight is 1640 g/mol. The number of aromatic nitrogens is 12. The van der Waals surface area contributed by atoms with Gasteiger partial charge >= 0.3 is 0 Å². The lowest BCUT2D eigenvalue weighted by Crippen LogP contribution is -2.28. The van der Waals surface area contributed by atoms with Crippen LogP contribution in [-0.4, -0.2) is 130 Å². The van der Waals surface area contributed by atoms with E-state index in [1.807, 2.05) is 0 Å². The van der Waals surface area contributed by atoms with Crippen molar-refractivity contribution in [2.24, 2.45) is 28.2 Å². The predicted molar refractivity (Wildman–Crippen MR) is 438 cm³/mol. The summed E-state index contributed by atoms with van der Waals surface area (Å²) in [6.07, 6.45) is -4.46. The molecular weight excluding hydrogens is 1540 g/mol. The molecule has 12 heterocycles. The van der Waals surface area contributed by atoms with Gasteiger partial charge in [-0.25, -0.2) is 51.8 Å². The van der Waals surface area contributed by atoms with Crippen molar-refractivity contribution < 1.29 is 80.1 Å². The number of nitrogen functional groups attached to an aromatic ring is 4. The number of hydrogen-bond donors (Lipinski definition) is 4. The van der Waals surface area contributed by atoms with Gasteiger partial charge in [-0.15, -0.1) is 20.4 Å². The first-order valence-corrected chi connectivity index (χ1v) is 35.3. The fourth-order valence-electron chi connectivity index (χ4n) is 13.4. The number of fused-ring (bicyclic) bond motifs is 20. The fourth-order valence-corrected chi connectivity index (χ4v) is 13.4. The van der Waals surface area contributed by atoms with E-state index in [9.17, 15) is 32.3 Å². The lowest BCUT2D eigenvalue weighted by Gasteiger charge is -2.24. The third kappa shape index (κ3) is 16.0. The molecule has 120 heavy (non-hydrogen) atoms. The van der Waals surface area contributed by atoms with Crippen LogP contribution in [0.25, 0.3) is 63.9 Å². The molecule has 0 fully saturated rings. The van der Waals surface area contributed by atoms with Crippen molar-refractivity contribution in [1.29, 1.82) is 0 Å². The van der Waals surface area contributed by atoms with Gasteiger partial charge in [0.05, 0.1) is 58.5 Å². The molecular formula is C85H79F3N24O8. The third-order valence-corrected chi connectivity index (χ3v) is 19.0. The summed E-state index contributed by atoms with van der Waals surface area (Å²) in [6.45, 7) is 13.4. The molecule has 4 aromatic carbocycles. The van der Waals surface area contributed by atoms with Crippen LogP contribution >= 0.6 is 0 Å². The Kier molecular flexibility index (Phi) is 16.4. The van der Waals surface area contributed by atoms with Crippen LogP contribution in [0.15, 0.2) is 122 Å². The zero-order valence-corrected chi connectivity index (χ0v) is 64.1. The number of pyridine rings is 4. The first-order chi connectivity index (χ1) is 65.5. The van der Waals surface area contributed by atoms with Crippen LogP contribution in [-0.2, 0) is 54.4 Å². The van der Waals surface area contributed by atoms with Gasteiger partial charge in [0.1, 0.15) is 64.6 Å². The molecule has 608 valence electrons. The lowest BCUT2D eigenvalue weighted by molar-refractivity contribution is 0.0771. The third-order valence-electron chi connectivity index (χ3n) is 19.0. The van der Waals surface area contributed by atoms with Crippen LogP contribution in [0.4, 0.5) is 59.7 Å². The summed E-state index contributed by atoms with van der Waals surface area (Å²) >= 11 is 0. The number of hydrogen-bond acceptors (Lipinski definition) is 20. The Morgan fingerprint density at radius 1 is 0.400 bits per heavy atom. The highest BCUT2D eigenvalue weighted by Gasteiger charge is 2.34. The molecule has 16 rings (SSSR count). The first-order valence-electron chi connectivity index (χ1n) is 45.8. The van der Waals surface area contributed by atoms with Gasteiger partial charge < -0.3 is 80.9 Å². The first kappa shape index (κ1) is 59.1. The second-order valence-corrected chi connectivity index (χ2v) is 27.0. The number of ether oxygens (including phenoxy) is 4. The summed E-state index contributed by atoms with van der Waals surface area (Å²) in [7, 11) is 7.51. The van der Waals surface area contributed by atoms with Crippen LogP contribution in [0.1, 0.15) is 173 Å². The normalized spacial score (nSPS) is 20.9. The number of carbonyl (C=O) groups is 4.